The molecule has 2 aromatic heterocycles. The third-order valence-electron chi connectivity index (χ3n) is 6.34. The zero-order valence-electron chi connectivity index (χ0n) is 19.3. The van der Waals surface area contributed by atoms with Gasteiger partial charge >= 0.3 is 0 Å². The van der Waals surface area contributed by atoms with E-state index in [2.05, 4.69) is 20.0 Å². The molecule has 1 atom stereocenters. The van der Waals surface area contributed by atoms with Gasteiger partial charge in [0.1, 0.15) is 10.5 Å². The summed E-state index contributed by atoms with van der Waals surface area (Å²) in [6, 6.07) is 3.59. The van der Waals surface area contributed by atoms with Crippen molar-refractivity contribution in [2.45, 2.75) is 69.0 Å². The molecule has 2 aliphatic rings. The van der Waals surface area contributed by atoms with Crippen LogP contribution in [0, 0.1) is 6.92 Å². The number of amides is 1. The van der Waals surface area contributed by atoms with Gasteiger partial charge in [-0.25, -0.2) is 22.5 Å². The van der Waals surface area contributed by atoms with Gasteiger partial charge in [0.2, 0.25) is 10.0 Å². The summed E-state index contributed by atoms with van der Waals surface area (Å²) in [4.78, 5) is 22.2. The molecule has 0 aliphatic heterocycles. The van der Waals surface area contributed by atoms with Crippen LogP contribution in [0.25, 0.3) is 10.8 Å². The van der Waals surface area contributed by atoms with Crippen LogP contribution in [0.2, 0.25) is 0 Å². The number of aromatic nitrogens is 2. The number of fused-ring (bicyclic) bond motifs is 2. The van der Waals surface area contributed by atoms with Crippen molar-refractivity contribution < 1.29 is 17.6 Å². The number of rotatable bonds is 7. The van der Waals surface area contributed by atoms with Crippen molar-refractivity contribution in [3.05, 3.63) is 51.2 Å². The van der Waals surface area contributed by atoms with Crippen LogP contribution >= 0.6 is 11.3 Å². The van der Waals surface area contributed by atoms with Crippen LogP contribution in [0.5, 0.6) is 0 Å². The summed E-state index contributed by atoms with van der Waals surface area (Å²) >= 11 is 1.28. The molecule has 2 heterocycles. The van der Waals surface area contributed by atoms with Crippen LogP contribution in [-0.4, -0.2) is 42.5 Å². The predicted molar refractivity (Wildman–Crippen MR) is 130 cm³/mol. The third-order valence-corrected chi connectivity index (χ3v) is 8.80. The fourth-order valence-corrected chi connectivity index (χ4v) is 6.88. The molecule has 34 heavy (non-hydrogen) atoms. The normalized spacial score (nSPS) is 18.3. The van der Waals surface area contributed by atoms with Gasteiger partial charge in [-0.05, 0) is 69.7 Å². The van der Waals surface area contributed by atoms with E-state index < -0.39 is 15.7 Å². The van der Waals surface area contributed by atoms with E-state index in [0.717, 1.165) is 29.5 Å². The standard InChI is InChI=1S/C24H27FN4O3S2/c1-13-21(33-12-27-13)23(30)29-17-7-15-6-16-10-26-20(14-4-5-14)9-19(16)22(18(15)8-17)34(31,32)28-11-24(2,3)25/h6,9-10,12,14,17,28H,4-5,7-8,11H2,1-3H3,(H,29,30)/t17-/m1/s1. The second-order valence-corrected chi connectivity index (χ2v) is 12.4. The van der Waals surface area contributed by atoms with Crippen LogP contribution in [0.4, 0.5) is 4.39 Å². The fraction of sp³-hybridized carbons (Fsp3) is 0.458. The first-order chi connectivity index (χ1) is 16.0. The van der Waals surface area contributed by atoms with Gasteiger partial charge in [0.05, 0.1) is 16.1 Å². The molecule has 10 heteroatoms. The molecule has 5 rings (SSSR count). The Kier molecular flexibility index (Phi) is 5.73. The van der Waals surface area contributed by atoms with E-state index in [1.54, 1.807) is 18.6 Å². The molecule has 7 nitrogen and oxygen atoms in total. The van der Waals surface area contributed by atoms with E-state index in [9.17, 15) is 17.6 Å². The van der Waals surface area contributed by atoms with Crippen LogP contribution < -0.4 is 10.0 Å². The minimum atomic E-state index is -4.01. The van der Waals surface area contributed by atoms with E-state index in [1.165, 1.54) is 25.2 Å². The first kappa shape index (κ1) is 23.3. The molecule has 1 aromatic carbocycles. The number of halogens is 1. The molecular weight excluding hydrogens is 475 g/mol. The maximum atomic E-state index is 14.2. The van der Waals surface area contributed by atoms with E-state index in [1.807, 2.05) is 12.1 Å². The Morgan fingerprint density at radius 2 is 2.00 bits per heavy atom. The molecule has 2 N–H and O–H groups in total. The van der Waals surface area contributed by atoms with E-state index in [-0.39, 0.29) is 23.4 Å². The Hall–Kier alpha value is -2.43. The lowest BCUT2D eigenvalue weighted by atomic mass is 10.0. The summed E-state index contributed by atoms with van der Waals surface area (Å²) in [5.74, 6) is 0.155. The lowest BCUT2D eigenvalue weighted by Gasteiger charge is -2.18. The topological polar surface area (TPSA) is 101 Å². The van der Waals surface area contributed by atoms with Gasteiger partial charge in [-0.3, -0.25) is 9.78 Å². The highest BCUT2D eigenvalue weighted by atomic mass is 32.2. The van der Waals surface area contributed by atoms with Crippen molar-refractivity contribution in [1.82, 2.24) is 20.0 Å². The smallest absolute Gasteiger partial charge is 0.263 e. The zero-order valence-corrected chi connectivity index (χ0v) is 20.9. The lowest BCUT2D eigenvalue weighted by molar-refractivity contribution is 0.0942. The van der Waals surface area contributed by atoms with Gasteiger partial charge in [-0.2, -0.15) is 0 Å². The number of pyridine rings is 1. The number of carbonyl (C=O) groups excluding carboxylic acids is 1. The minimum Gasteiger partial charge on any atom is -0.348 e. The predicted octanol–water partition coefficient (Wildman–Crippen LogP) is 3.80. The van der Waals surface area contributed by atoms with Crippen molar-refractivity contribution in [1.29, 1.82) is 0 Å². The number of nitrogens with zero attached hydrogens (tertiary/aromatic N) is 2. The van der Waals surface area contributed by atoms with Gasteiger partial charge in [-0.1, -0.05) is 0 Å². The number of benzene rings is 1. The second-order valence-electron chi connectivity index (χ2n) is 9.84. The molecule has 0 saturated heterocycles. The van der Waals surface area contributed by atoms with Crippen molar-refractivity contribution >= 4 is 38.0 Å². The number of aryl methyl sites for hydroxylation is 1. The van der Waals surface area contributed by atoms with Gasteiger partial charge in [0.25, 0.3) is 5.91 Å². The Balaban J connectivity index is 1.54. The molecule has 1 amide bonds. The molecule has 0 radical (unpaired) electrons. The van der Waals surface area contributed by atoms with E-state index in [4.69, 9.17) is 0 Å². The number of nitrogens with one attached hydrogen (secondary N) is 2. The Labute approximate surface area is 202 Å². The second kappa shape index (κ2) is 8.35. The summed E-state index contributed by atoms with van der Waals surface area (Å²) < 4.78 is 43.7. The molecule has 0 spiro atoms. The third kappa shape index (κ3) is 4.58. The number of hydrogen-bond donors (Lipinski definition) is 2. The first-order valence-corrected chi connectivity index (χ1v) is 13.7. The fourth-order valence-electron chi connectivity index (χ4n) is 4.49. The van der Waals surface area contributed by atoms with Crippen molar-refractivity contribution in [2.24, 2.45) is 0 Å². The number of hydrogen-bond acceptors (Lipinski definition) is 6. The first-order valence-electron chi connectivity index (χ1n) is 11.4. The van der Waals surface area contributed by atoms with Gasteiger partial charge in [-0.15, -0.1) is 11.3 Å². The highest BCUT2D eigenvalue weighted by molar-refractivity contribution is 7.89. The molecule has 180 valence electrons. The molecule has 1 fully saturated rings. The number of sulfonamides is 1. The Morgan fingerprint density at radius 1 is 1.24 bits per heavy atom. The molecular formula is C24H27FN4O3S2. The SMILES string of the molecule is Cc1ncsc1C(=O)N[C@@H]1Cc2cc3cnc(C4CC4)cc3c(S(=O)(=O)NCC(C)(C)F)c2C1. The van der Waals surface area contributed by atoms with Crippen LogP contribution in [0.1, 0.15) is 64.8 Å². The molecule has 0 unspecified atom stereocenters. The summed E-state index contributed by atoms with van der Waals surface area (Å²) in [6.45, 7) is 4.14. The average Bonchev–Trinajstić information content (AvgIpc) is 3.40. The summed E-state index contributed by atoms with van der Waals surface area (Å²) in [5.41, 5.74) is 3.04. The van der Waals surface area contributed by atoms with Gasteiger partial charge < -0.3 is 5.32 Å². The van der Waals surface area contributed by atoms with Crippen molar-refractivity contribution in [3.63, 3.8) is 0 Å². The zero-order chi connectivity index (χ0) is 24.3. The average molecular weight is 503 g/mol. The minimum absolute atomic E-state index is 0.180. The molecule has 0 bridgehead atoms. The summed E-state index contributed by atoms with van der Waals surface area (Å²) in [7, 11) is -4.01. The van der Waals surface area contributed by atoms with E-state index in [0.29, 0.717) is 40.3 Å². The summed E-state index contributed by atoms with van der Waals surface area (Å²) in [6.07, 6.45) is 4.71. The monoisotopic (exact) mass is 502 g/mol. The highest BCUT2D eigenvalue weighted by Crippen LogP contribution is 2.42. The maximum Gasteiger partial charge on any atom is 0.263 e. The Morgan fingerprint density at radius 3 is 2.65 bits per heavy atom. The van der Waals surface area contributed by atoms with Gasteiger partial charge in [0.15, 0.2) is 0 Å². The molecule has 1 saturated carbocycles. The molecule has 3 aromatic rings. The number of thiazole rings is 1. The quantitative estimate of drug-likeness (QED) is 0.512. The van der Waals surface area contributed by atoms with Crippen molar-refractivity contribution in [3.8, 4) is 0 Å². The number of carbonyl (C=O) groups is 1. The van der Waals surface area contributed by atoms with Crippen LogP contribution in [0.15, 0.2) is 28.7 Å². The lowest BCUT2D eigenvalue weighted by Crippen LogP contribution is -2.36. The van der Waals surface area contributed by atoms with Crippen LogP contribution in [-0.2, 0) is 22.9 Å². The maximum absolute atomic E-state index is 14.2. The number of alkyl halides is 1. The van der Waals surface area contributed by atoms with Crippen LogP contribution in [0.3, 0.4) is 0 Å². The Bertz CT molecular complexity index is 1390. The highest BCUT2D eigenvalue weighted by Gasteiger charge is 2.34. The molecule has 2 aliphatic carbocycles. The van der Waals surface area contributed by atoms with Crippen molar-refractivity contribution in [2.75, 3.05) is 6.54 Å². The summed E-state index contributed by atoms with van der Waals surface area (Å²) in [5, 5.41) is 4.37. The van der Waals surface area contributed by atoms with E-state index >= 15 is 0 Å². The largest absolute Gasteiger partial charge is 0.348 e. The van der Waals surface area contributed by atoms with Gasteiger partial charge in [0, 0.05) is 41.2 Å².